The Labute approximate surface area is 106 Å². The van der Waals surface area contributed by atoms with Gasteiger partial charge in [-0.05, 0) is 30.7 Å². The third-order valence-electron chi connectivity index (χ3n) is 2.30. The van der Waals surface area contributed by atoms with E-state index in [1.165, 1.54) is 0 Å². The van der Waals surface area contributed by atoms with Gasteiger partial charge < -0.3 is 11.1 Å². The first kappa shape index (κ1) is 13.7. The Morgan fingerprint density at radius 1 is 1.44 bits per heavy atom. The van der Waals surface area contributed by atoms with Crippen LogP contribution < -0.4 is 16.4 Å². The molecule has 0 unspecified atom stereocenters. The highest BCUT2D eigenvalue weighted by atomic mass is 16.2. The van der Waals surface area contributed by atoms with E-state index >= 15 is 0 Å². The maximum atomic E-state index is 11.5. The summed E-state index contributed by atoms with van der Waals surface area (Å²) in [6.45, 7) is 2.27. The zero-order chi connectivity index (χ0) is 13.5. The van der Waals surface area contributed by atoms with Crippen molar-refractivity contribution in [1.29, 1.82) is 0 Å². The summed E-state index contributed by atoms with van der Waals surface area (Å²) in [6.07, 6.45) is 5.05. The van der Waals surface area contributed by atoms with E-state index in [1.54, 1.807) is 25.1 Å². The highest BCUT2D eigenvalue weighted by Crippen LogP contribution is 2.16. The Kier molecular flexibility index (Phi) is 4.90. The van der Waals surface area contributed by atoms with Crippen molar-refractivity contribution in [1.82, 2.24) is 5.32 Å². The maximum Gasteiger partial charge on any atom is 0.248 e. The summed E-state index contributed by atoms with van der Waals surface area (Å²) in [5, 5.41) is 5.49. The van der Waals surface area contributed by atoms with Crippen molar-refractivity contribution in [2.45, 2.75) is 6.92 Å². The van der Waals surface area contributed by atoms with Gasteiger partial charge >= 0.3 is 0 Å². The van der Waals surface area contributed by atoms with Gasteiger partial charge in [0.15, 0.2) is 0 Å². The molecule has 0 bridgehead atoms. The van der Waals surface area contributed by atoms with E-state index < -0.39 is 5.91 Å². The third-order valence-corrected chi connectivity index (χ3v) is 2.30. The predicted molar refractivity (Wildman–Crippen MR) is 70.0 cm³/mol. The second-order valence-electron chi connectivity index (χ2n) is 3.75. The number of terminal acetylenes is 1. The minimum atomic E-state index is -0.494. The summed E-state index contributed by atoms with van der Waals surface area (Å²) < 4.78 is 0. The molecule has 5 nitrogen and oxygen atoms in total. The lowest BCUT2D eigenvalue weighted by Gasteiger charge is -2.09. The Morgan fingerprint density at radius 3 is 2.72 bits per heavy atom. The van der Waals surface area contributed by atoms with E-state index in [9.17, 15) is 9.59 Å². The van der Waals surface area contributed by atoms with Crippen LogP contribution in [0.1, 0.15) is 15.9 Å². The van der Waals surface area contributed by atoms with Crippen LogP contribution in [0.4, 0.5) is 5.69 Å². The van der Waals surface area contributed by atoms with Gasteiger partial charge in [-0.15, -0.1) is 6.42 Å². The molecule has 2 amide bonds. The van der Waals surface area contributed by atoms with Crippen LogP contribution in [0, 0.1) is 19.3 Å². The van der Waals surface area contributed by atoms with E-state index in [0.717, 1.165) is 5.56 Å². The van der Waals surface area contributed by atoms with E-state index in [-0.39, 0.29) is 12.5 Å². The highest BCUT2D eigenvalue weighted by molar-refractivity contribution is 5.96. The van der Waals surface area contributed by atoms with E-state index in [4.69, 9.17) is 12.2 Å². The molecule has 0 aliphatic rings. The first-order chi connectivity index (χ1) is 8.54. The molecule has 0 atom stereocenters. The molecule has 1 rings (SSSR count). The number of benzene rings is 1. The standard InChI is InChI=1S/C13H15N3O2/c1-3-6-15-8-12(17)16-11-5-4-10(13(14)18)7-9(11)2/h1,4-5,7,15H,6,8H2,2H3,(H2,14,18)(H,16,17). The summed E-state index contributed by atoms with van der Waals surface area (Å²) in [5.41, 5.74) is 6.99. The van der Waals surface area contributed by atoms with E-state index in [2.05, 4.69) is 16.6 Å². The summed E-state index contributed by atoms with van der Waals surface area (Å²) in [4.78, 5) is 22.5. The smallest absolute Gasteiger partial charge is 0.248 e. The lowest BCUT2D eigenvalue weighted by atomic mass is 10.1. The van der Waals surface area contributed by atoms with Gasteiger partial charge in [-0.25, -0.2) is 0 Å². The number of hydrogen-bond donors (Lipinski definition) is 3. The van der Waals surface area contributed by atoms with Crippen molar-refractivity contribution in [3.05, 3.63) is 29.3 Å². The fraction of sp³-hybridized carbons (Fsp3) is 0.231. The normalized spacial score (nSPS) is 9.56. The predicted octanol–water partition coefficient (Wildman–Crippen LogP) is 0.255. The summed E-state index contributed by atoms with van der Waals surface area (Å²) in [6, 6.07) is 4.85. The summed E-state index contributed by atoms with van der Waals surface area (Å²) >= 11 is 0. The number of aryl methyl sites for hydroxylation is 1. The molecule has 4 N–H and O–H groups in total. The molecule has 5 heteroatoms. The number of hydrogen-bond acceptors (Lipinski definition) is 3. The average molecular weight is 245 g/mol. The second kappa shape index (κ2) is 6.42. The zero-order valence-corrected chi connectivity index (χ0v) is 10.1. The first-order valence-electron chi connectivity index (χ1n) is 5.39. The minimum absolute atomic E-state index is 0.140. The number of amides is 2. The molecule has 0 fully saturated rings. The van der Waals surface area contributed by atoms with Gasteiger partial charge in [0.05, 0.1) is 13.1 Å². The second-order valence-corrected chi connectivity index (χ2v) is 3.75. The molecular weight excluding hydrogens is 230 g/mol. The van der Waals surface area contributed by atoms with Gasteiger partial charge in [0.2, 0.25) is 11.8 Å². The third kappa shape index (κ3) is 3.92. The quantitative estimate of drug-likeness (QED) is 0.513. The number of carbonyl (C=O) groups excluding carboxylic acids is 2. The molecule has 0 saturated carbocycles. The van der Waals surface area contributed by atoms with Crippen LogP contribution in [0.25, 0.3) is 0 Å². The Morgan fingerprint density at radius 2 is 2.17 bits per heavy atom. The zero-order valence-electron chi connectivity index (χ0n) is 10.1. The van der Waals surface area contributed by atoms with Crippen LogP contribution in [0.3, 0.4) is 0 Å². The number of primary amides is 1. The SMILES string of the molecule is C#CCNCC(=O)Nc1ccc(C(N)=O)cc1C. The van der Waals surface area contributed by atoms with Crippen molar-refractivity contribution in [2.75, 3.05) is 18.4 Å². The molecular formula is C13H15N3O2. The van der Waals surface area contributed by atoms with Gasteiger partial charge in [-0.2, -0.15) is 0 Å². The lowest BCUT2D eigenvalue weighted by molar-refractivity contribution is -0.115. The van der Waals surface area contributed by atoms with Crippen LogP contribution in [0.5, 0.6) is 0 Å². The minimum Gasteiger partial charge on any atom is -0.366 e. The molecule has 0 heterocycles. The molecule has 0 saturated heterocycles. The molecule has 94 valence electrons. The molecule has 0 aliphatic carbocycles. The van der Waals surface area contributed by atoms with Gasteiger partial charge in [0.25, 0.3) is 0 Å². The molecule has 1 aromatic carbocycles. The molecule has 0 radical (unpaired) electrons. The van der Waals surface area contributed by atoms with Crippen LogP contribution in [0.15, 0.2) is 18.2 Å². The Bertz CT molecular complexity index is 503. The van der Waals surface area contributed by atoms with E-state index in [1.807, 2.05) is 0 Å². The summed E-state index contributed by atoms with van der Waals surface area (Å²) in [5.74, 6) is 1.69. The number of nitrogens with one attached hydrogen (secondary N) is 2. The van der Waals surface area contributed by atoms with Crippen LogP contribution in [-0.2, 0) is 4.79 Å². The van der Waals surface area contributed by atoms with Crippen molar-refractivity contribution < 1.29 is 9.59 Å². The van der Waals surface area contributed by atoms with Gasteiger partial charge in [-0.1, -0.05) is 5.92 Å². The fourth-order valence-electron chi connectivity index (χ4n) is 1.40. The van der Waals surface area contributed by atoms with Crippen molar-refractivity contribution in [3.63, 3.8) is 0 Å². The van der Waals surface area contributed by atoms with E-state index in [0.29, 0.717) is 17.8 Å². The lowest BCUT2D eigenvalue weighted by Crippen LogP contribution is -2.28. The first-order valence-corrected chi connectivity index (χ1v) is 5.39. The molecule has 0 spiro atoms. The average Bonchev–Trinajstić information content (AvgIpc) is 2.32. The number of anilines is 1. The van der Waals surface area contributed by atoms with Gasteiger partial charge in [0, 0.05) is 11.3 Å². The Hall–Kier alpha value is -2.32. The molecule has 0 aromatic heterocycles. The summed E-state index contributed by atoms with van der Waals surface area (Å²) in [7, 11) is 0. The number of nitrogens with two attached hydrogens (primary N) is 1. The maximum absolute atomic E-state index is 11.5. The number of rotatable bonds is 5. The van der Waals surface area contributed by atoms with Crippen molar-refractivity contribution >= 4 is 17.5 Å². The number of carbonyl (C=O) groups is 2. The monoisotopic (exact) mass is 245 g/mol. The van der Waals surface area contributed by atoms with Gasteiger partial charge in [0.1, 0.15) is 0 Å². The van der Waals surface area contributed by atoms with Crippen molar-refractivity contribution in [3.8, 4) is 12.3 Å². The van der Waals surface area contributed by atoms with Gasteiger partial charge in [-0.3, -0.25) is 14.9 Å². The molecule has 1 aromatic rings. The van der Waals surface area contributed by atoms with Crippen LogP contribution in [0.2, 0.25) is 0 Å². The van der Waals surface area contributed by atoms with Crippen molar-refractivity contribution in [2.24, 2.45) is 5.73 Å². The Balaban J connectivity index is 2.65. The fourth-order valence-corrected chi connectivity index (χ4v) is 1.40. The highest BCUT2D eigenvalue weighted by Gasteiger charge is 2.06. The molecule has 18 heavy (non-hydrogen) atoms. The topological polar surface area (TPSA) is 84.2 Å². The molecule has 0 aliphatic heterocycles. The van der Waals surface area contributed by atoms with Crippen LogP contribution in [-0.4, -0.2) is 24.9 Å². The van der Waals surface area contributed by atoms with Crippen LogP contribution >= 0.6 is 0 Å². The largest absolute Gasteiger partial charge is 0.366 e.